The Morgan fingerprint density at radius 1 is 1.07 bits per heavy atom. The van der Waals surface area contributed by atoms with E-state index in [2.05, 4.69) is 27.2 Å². The Labute approximate surface area is 169 Å². The lowest BCUT2D eigenvalue weighted by atomic mass is 10.2. The molecule has 1 aliphatic heterocycles. The van der Waals surface area contributed by atoms with Crippen molar-refractivity contribution in [2.75, 3.05) is 43.5 Å². The lowest BCUT2D eigenvalue weighted by molar-refractivity contribution is -0.120. The highest BCUT2D eigenvalue weighted by Gasteiger charge is 2.26. The molecule has 2 aromatic carbocycles. The van der Waals surface area contributed by atoms with Crippen molar-refractivity contribution < 1.29 is 9.53 Å². The van der Waals surface area contributed by atoms with Crippen LogP contribution >= 0.6 is 23.2 Å². The first kappa shape index (κ1) is 19.8. The fourth-order valence-electron chi connectivity index (χ4n) is 3.16. The molecule has 0 bridgehead atoms. The first-order valence-electron chi connectivity index (χ1n) is 8.87. The normalized spacial score (nSPS) is 16.1. The quantitative estimate of drug-likeness (QED) is 0.808. The van der Waals surface area contributed by atoms with Crippen LogP contribution in [0.4, 0.5) is 11.4 Å². The minimum Gasteiger partial charge on any atom is -0.497 e. The summed E-state index contributed by atoms with van der Waals surface area (Å²) in [7, 11) is 1.66. The molecule has 1 fully saturated rings. The average molecular weight is 408 g/mol. The first-order chi connectivity index (χ1) is 13.0. The number of amides is 1. The van der Waals surface area contributed by atoms with E-state index in [1.807, 2.05) is 19.1 Å². The van der Waals surface area contributed by atoms with Crippen LogP contribution in [0.25, 0.3) is 0 Å². The number of ether oxygens (including phenoxy) is 1. The zero-order chi connectivity index (χ0) is 19.4. The molecule has 27 heavy (non-hydrogen) atoms. The maximum Gasteiger partial charge on any atom is 0.241 e. The van der Waals surface area contributed by atoms with Gasteiger partial charge in [-0.1, -0.05) is 29.3 Å². The highest BCUT2D eigenvalue weighted by Crippen LogP contribution is 2.29. The van der Waals surface area contributed by atoms with Gasteiger partial charge in [-0.25, -0.2) is 0 Å². The summed E-state index contributed by atoms with van der Waals surface area (Å²) in [6, 6.07) is 13.0. The predicted octanol–water partition coefficient (Wildman–Crippen LogP) is 4.15. The lowest BCUT2D eigenvalue weighted by Crippen LogP contribution is -2.52. The van der Waals surface area contributed by atoms with Crippen molar-refractivity contribution in [1.29, 1.82) is 0 Å². The highest BCUT2D eigenvalue weighted by molar-refractivity contribution is 6.44. The van der Waals surface area contributed by atoms with Crippen LogP contribution in [0.1, 0.15) is 6.92 Å². The van der Waals surface area contributed by atoms with Gasteiger partial charge in [0.25, 0.3) is 0 Å². The molecule has 0 spiro atoms. The second kappa shape index (κ2) is 8.83. The van der Waals surface area contributed by atoms with Crippen LogP contribution in [-0.4, -0.2) is 50.1 Å². The molecule has 2 aromatic rings. The Morgan fingerprint density at radius 2 is 1.74 bits per heavy atom. The fraction of sp³-hybridized carbons (Fsp3) is 0.350. The number of carbonyl (C=O) groups is 1. The third-order valence-electron chi connectivity index (χ3n) is 4.89. The van der Waals surface area contributed by atoms with Crippen molar-refractivity contribution in [3.05, 3.63) is 52.5 Å². The summed E-state index contributed by atoms with van der Waals surface area (Å²) in [4.78, 5) is 17.1. The first-order valence-corrected chi connectivity index (χ1v) is 9.63. The minimum absolute atomic E-state index is 0.0861. The van der Waals surface area contributed by atoms with Gasteiger partial charge in [-0.2, -0.15) is 0 Å². The number of rotatable bonds is 5. The minimum atomic E-state index is -0.252. The molecule has 7 heteroatoms. The largest absolute Gasteiger partial charge is 0.497 e. The zero-order valence-electron chi connectivity index (χ0n) is 15.4. The molecule has 0 unspecified atom stereocenters. The molecule has 0 aliphatic carbocycles. The zero-order valence-corrected chi connectivity index (χ0v) is 16.9. The summed E-state index contributed by atoms with van der Waals surface area (Å²) in [5.41, 5.74) is 1.70. The summed E-state index contributed by atoms with van der Waals surface area (Å²) in [6.07, 6.45) is 0. The van der Waals surface area contributed by atoms with Gasteiger partial charge in [0.15, 0.2) is 0 Å². The molecule has 0 saturated carbocycles. The molecule has 1 N–H and O–H groups in total. The van der Waals surface area contributed by atoms with Crippen molar-refractivity contribution in [3.8, 4) is 5.75 Å². The van der Waals surface area contributed by atoms with Crippen LogP contribution in [-0.2, 0) is 4.79 Å². The van der Waals surface area contributed by atoms with Gasteiger partial charge >= 0.3 is 0 Å². The van der Waals surface area contributed by atoms with E-state index in [9.17, 15) is 4.79 Å². The van der Waals surface area contributed by atoms with Gasteiger partial charge < -0.3 is 15.0 Å². The Kier molecular flexibility index (Phi) is 6.47. The van der Waals surface area contributed by atoms with E-state index in [0.717, 1.165) is 31.9 Å². The van der Waals surface area contributed by atoms with Crippen LogP contribution in [0.15, 0.2) is 42.5 Å². The molecule has 144 valence electrons. The Bertz CT molecular complexity index is 790. The molecular weight excluding hydrogens is 385 g/mol. The number of halogens is 2. The molecule has 1 aliphatic rings. The van der Waals surface area contributed by atoms with Crippen molar-refractivity contribution in [2.45, 2.75) is 13.0 Å². The van der Waals surface area contributed by atoms with Gasteiger partial charge in [0.2, 0.25) is 5.91 Å². The second-order valence-electron chi connectivity index (χ2n) is 6.49. The van der Waals surface area contributed by atoms with Crippen LogP contribution in [0.3, 0.4) is 0 Å². The number of nitrogens with zero attached hydrogens (tertiary/aromatic N) is 2. The summed E-state index contributed by atoms with van der Waals surface area (Å²) in [6.45, 7) is 5.26. The van der Waals surface area contributed by atoms with Crippen LogP contribution in [0.2, 0.25) is 10.0 Å². The number of benzene rings is 2. The standard InChI is InChI=1S/C20H23Cl2N3O2/c1-14(20(26)23-18-5-3-4-17(21)19(18)22)24-10-12-25(13-11-24)15-6-8-16(27-2)9-7-15/h3-9,14H,10-13H2,1-2H3,(H,23,26)/t14-/m0/s1. The average Bonchev–Trinajstić information content (AvgIpc) is 2.71. The summed E-state index contributed by atoms with van der Waals surface area (Å²) >= 11 is 12.2. The number of hydrogen-bond acceptors (Lipinski definition) is 4. The molecule has 1 heterocycles. The molecule has 3 rings (SSSR count). The lowest BCUT2D eigenvalue weighted by Gasteiger charge is -2.38. The number of methoxy groups -OCH3 is 1. The Hall–Kier alpha value is -1.95. The molecule has 0 radical (unpaired) electrons. The highest BCUT2D eigenvalue weighted by atomic mass is 35.5. The van der Waals surface area contributed by atoms with Gasteiger partial charge in [0.05, 0.1) is 28.9 Å². The summed E-state index contributed by atoms with van der Waals surface area (Å²) in [5.74, 6) is 0.763. The monoisotopic (exact) mass is 407 g/mol. The fourth-order valence-corrected chi connectivity index (χ4v) is 3.51. The second-order valence-corrected chi connectivity index (χ2v) is 7.27. The van der Waals surface area contributed by atoms with Gasteiger partial charge in [-0.3, -0.25) is 9.69 Å². The molecular formula is C20H23Cl2N3O2. The number of nitrogens with one attached hydrogen (secondary N) is 1. The Balaban J connectivity index is 1.56. The smallest absolute Gasteiger partial charge is 0.241 e. The van der Waals surface area contributed by atoms with Crippen molar-refractivity contribution >= 4 is 40.5 Å². The SMILES string of the molecule is COc1ccc(N2CCN([C@@H](C)C(=O)Nc3cccc(Cl)c3Cl)CC2)cc1. The predicted molar refractivity (Wildman–Crippen MR) is 111 cm³/mol. The molecule has 1 saturated heterocycles. The van der Waals surface area contributed by atoms with Gasteiger partial charge in [-0.15, -0.1) is 0 Å². The summed E-state index contributed by atoms with van der Waals surface area (Å²) < 4.78 is 5.21. The third kappa shape index (κ3) is 4.67. The molecule has 5 nitrogen and oxygen atoms in total. The van der Waals surface area contributed by atoms with Crippen molar-refractivity contribution in [1.82, 2.24) is 4.90 Å². The van der Waals surface area contributed by atoms with E-state index in [4.69, 9.17) is 27.9 Å². The van der Waals surface area contributed by atoms with Crippen LogP contribution in [0.5, 0.6) is 5.75 Å². The maximum absolute atomic E-state index is 12.6. The molecule has 1 atom stereocenters. The van der Waals surface area contributed by atoms with Crippen molar-refractivity contribution in [2.24, 2.45) is 0 Å². The number of anilines is 2. The maximum atomic E-state index is 12.6. The topological polar surface area (TPSA) is 44.8 Å². The van der Waals surface area contributed by atoms with E-state index in [1.54, 1.807) is 25.3 Å². The molecule has 0 aromatic heterocycles. The van der Waals surface area contributed by atoms with E-state index in [-0.39, 0.29) is 11.9 Å². The van der Waals surface area contributed by atoms with E-state index < -0.39 is 0 Å². The van der Waals surface area contributed by atoms with Gasteiger partial charge in [-0.05, 0) is 43.3 Å². The number of piperazine rings is 1. The van der Waals surface area contributed by atoms with E-state index in [0.29, 0.717) is 15.7 Å². The summed E-state index contributed by atoms with van der Waals surface area (Å²) in [5, 5.41) is 3.67. The Morgan fingerprint density at radius 3 is 2.37 bits per heavy atom. The van der Waals surface area contributed by atoms with Crippen molar-refractivity contribution in [3.63, 3.8) is 0 Å². The number of carbonyl (C=O) groups excluding carboxylic acids is 1. The van der Waals surface area contributed by atoms with E-state index in [1.165, 1.54) is 5.69 Å². The third-order valence-corrected chi connectivity index (χ3v) is 5.71. The van der Waals surface area contributed by atoms with Gasteiger partial charge in [0, 0.05) is 31.9 Å². The molecule has 1 amide bonds. The van der Waals surface area contributed by atoms with E-state index >= 15 is 0 Å². The number of hydrogen-bond donors (Lipinski definition) is 1. The van der Waals surface area contributed by atoms with Crippen LogP contribution in [0, 0.1) is 0 Å². The van der Waals surface area contributed by atoms with Gasteiger partial charge in [0.1, 0.15) is 5.75 Å². The van der Waals surface area contributed by atoms with Crippen LogP contribution < -0.4 is 15.0 Å².